The second-order valence-corrected chi connectivity index (χ2v) is 14.1. The van der Waals surface area contributed by atoms with Crippen molar-refractivity contribution in [2.24, 2.45) is 0 Å². The first kappa shape index (κ1) is 33.2. The molecule has 3 aromatic heterocycles. The van der Waals surface area contributed by atoms with Gasteiger partial charge in [0.2, 0.25) is 5.88 Å². The molecule has 6 heteroatoms. The quantitative estimate of drug-likeness (QED) is 0.176. The Morgan fingerprint density at radius 2 is 1.42 bits per heavy atom. The van der Waals surface area contributed by atoms with Gasteiger partial charge in [-0.25, -0.2) is 9.97 Å². The fraction of sp³-hybridized carbons (Fsp3) is 0.190. The molecule has 0 aliphatic heterocycles. The zero-order valence-corrected chi connectivity index (χ0v) is 30.3. The summed E-state index contributed by atoms with van der Waals surface area (Å²) in [5.41, 5.74) is 7.90. The van der Waals surface area contributed by atoms with Crippen molar-refractivity contribution in [3.8, 4) is 45.6 Å². The Bertz CT molecular complexity index is 2250. The molecule has 0 aliphatic rings. The van der Waals surface area contributed by atoms with Crippen LogP contribution in [0.4, 0.5) is 0 Å². The van der Waals surface area contributed by atoms with Gasteiger partial charge >= 0.3 is 0 Å². The third-order valence-electron chi connectivity index (χ3n) is 8.59. The number of aromatic hydroxyl groups is 1. The van der Waals surface area contributed by atoms with Crippen molar-refractivity contribution in [3.63, 3.8) is 0 Å². The zero-order valence-electron chi connectivity index (χ0n) is 28.0. The van der Waals surface area contributed by atoms with Crippen molar-refractivity contribution in [3.05, 3.63) is 132 Å². The molecule has 0 unspecified atom stereocenters. The molecular weight excluding hydrogens is 774 g/mol. The van der Waals surface area contributed by atoms with Crippen molar-refractivity contribution in [1.82, 2.24) is 14.5 Å². The molecule has 0 saturated carbocycles. The minimum atomic E-state index is -0.264. The molecule has 48 heavy (non-hydrogen) atoms. The van der Waals surface area contributed by atoms with Crippen molar-refractivity contribution in [2.45, 2.75) is 52.4 Å². The van der Waals surface area contributed by atoms with E-state index in [0.717, 1.165) is 44.3 Å². The first-order chi connectivity index (χ1) is 22.5. The summed E-state index contributed by atoms with van der Waals surface area (Å²) in [6.45, 7) is 13.3. The molecule has 0 amide bonds. The zero-order chi connectivity index (χ0) is 32.9. The number of fused-ring (bicyclic) bond motifs is 3. The SMILES string of the molecule is CC(C)(C)c1ccc2c(c1)c1cc(C(C)(C)C)c(-c3cc(-c4ccccc4)cc(Oc4[c-]cccc4)n3)nc1n2-c1ccccc1O.[Pt]. The van der Waals surface area contributed by atoms with Crippen LogP contribution in [-0.4, -0.2) is 19.6 Å². The summed E-state index contributed by atoms with van der Waals surface area (Å²) in [5, 5.41) is 13.2. The molecule has 0 spiro atoms. The van der Waals surface area contributed by atoms with Gasteiger partial charge < -0.3 is 9.84 Å². The van der Waals surface area contributed by atoms with Gasteiger partial charge in [-0.2, -0.15) is 18.2 Å². The summed E-state index contributed by atoms with van der Waals surface area (Å²) in [7, 11) is 0. The summed E-state index contributed by atoms with van der Waals surface area (Å²) >= 11 is 0. The Morgan fingerprint density at radius 3 is 2.10 bits per heavy atom. The van der Waals surface area contributed by atoms with Gasteiger partial charge in [-0.3, -0.25) is 4.57 Å². The van der Waals surface area contributed by atoms with E-state index in [1.54, 1.807) is 6.07 Å². The summed E-state index contributed by atoms with van der Waals surface area (Å²) in [5.74, 6) is 1.24. The van der Waals surface area contributed by atoms with Crippen molar-refractivity contribution >= 4 is 21.9 Å². The van der Waals surface area contributed by atoms with E-state index in [1.807, 2.05) is 66.7 Å². The average Bonchev–Trinajstić information content (AvgIpc) is 3.37. The summed E-state index contributed by atoms with van der Waals surface area (Å²) < 4.78 is 8.35. The number of ether oxygens (including phenoxy) is 1. The van der Waals surface area contributed by atoms with Gasteiger partial charge in [0.05, 0.1) is 22.6 Å². The number of hydrogen-bond donors (Lipinski definition) is 1. The summed E-state index contributed by atoms with van der Waals surface area (Å²) in [6.07, 6.45) is 0. The van der Waals surface area contributed by atoms with Crippen molar-refractivity contribution in [1.29, 1.82) is 0 Å². The number of rotatable bonds is 5. The number of pyridine rings is 2. The van der Waals surface area contributed by atoms with Crippen LogP contribution in [0.15, 0.2) is 115 Å². The Hall–Kier alpha value is -4.73. The van der Waals surface area contributed by atoms with Crippen molar-refractivity contribution < 1.29 is 30.9 Å². The second-order valence-electron chi connectivity index (χ2n) is 14.1. The maximum absolute atomic E-state index is 11.1. The molecule has 4 aromatic carbocycles. The molecule has 5 nitrogen and oxygen atoms in total. The standard InChI is InChI=1S/C42H38N3O2.Pt/c1-41(2,3)29-21-22-35-31(25-29)32-26-33(42(4,5)6)39(44-40(32)45(35)36-19-13-14-20-37(36)46)34-23-28(27-15-9-7-10-16-27)24-38(43-34)47-30-17-11-8-12-18-30;/h7-17,19-26,46H,1-6H3;/q-1;. The molecule has 7 rings (SSSR count). The van der Waals surface area contributed by atoms with Crippen LogP contribution in [0.1, 0.15) is 52.7 Å². The Labute approximate surface area is 296 Å². The predicted octanol–water partition coefficient (Wildman–Crippen LogP) is 10.8. The third-order valence-corrected chi connectivity index (χ3v) is 8.59. The molecule has 0 saturated heterocycles. The topological polar surface area (TPSA) is 60.2 Å². The van der Waals surface area contributed by atoms with Gasteiger partial charge in [-0.15, -0.1) is 12.1 Å². The Kier molecular flexibility index (Phi) is 8.78. The van der Waals surface area contributed by atoms with Gasteiger partial charge in [0, 0.05) is 43.7 Å². The molecular formula is C42H38N3O2Pt-. The van der Waals surface area contributed by atoms with Crippen LogP contribution >= 0.6 is 0 Å². The average molecular weight is 812 g/mol. The summed E-state index contributed by atoms with van der Waals surface area (Å²) in [4.78, 5) is 10.5. The smallest absolute Gasteiger partial charge is 0.217 e. The minimum Gasteiger partial charge on any atom is -0.506 e. The monoisotopic (exact) mass is 811 g/mol. The van der Waals surface area contributed by atoms with Crippen LogP contribution < -0.4 is 4.74 Å². The molecule has 1 N–H and O–H groups in total. The second kappa shape index (κ2) is 12.7. The fourth-order valence-electron chi connectivity index (χ4n) is 6.09. The van der Waals surface area contributed by atoms with Gasteiger partial charge in [0.1, 0.15) is 11.4 Å². The van der Waals surface area contributed by atoms with Crippen LogP contribution in [0, 0.1) is 6.07 Å². The van der Waals surface area contributed by atoms with E-state index in [1.165, 1.54) is 5.56 Å². The largest absolute Gasteiger partial charge is 0.506 e. The minimum absolute atomic E-state index is 0. The number of phenolic OH excluding ortho intramolecular Hbond substituents is 1. The molecule has 7 aromatic rings. The molecule has 0 aliphatic carbocycles. The molecule has 0 fully saturated rings. The van der Waals surface area contributed by atoms with E-state index in [4.69, 9.17) is 14.7 Å². The van der Waals surface area contributed by atoms with Crippen LogP contribution in [0.5, 0.6) is 17.4 Å². The van der Waals surface area contributed by atoms with E-state index < -0.39 is 0 Å². The number of phenols is 1. The summed E-state index contributed by atoms with van der Waals surface area (Å²) in [6, 6.07) is 41.3. The van der Waals surface area contributed by atoms with Gasteiger partial charge in [-0.1, -0.05) is 90.1 Å². The van der Waals surface area contributed by atoms with Gasteiger partial charge in [0.15, 0.2) is 0 Å². The van der Waals surface area contributed by atoms with Crippen LogP contribution in [0.3, 0.4) is 0 Å². The normalized spacial score (nSPS) is 11.9. The van der Waals surface area contributed by atoms with Crippen LogP contribution in [0.2, 0.25) is 0 Å². The first-order valence-corrected chi connectivity index (χ1v) is 16.0. The molecule has 0 atom stereocenters. The number of benzene rings is 4. The van der Waals surface area contributed by atoms with E-state index >= 15 is 0 Å². The molecule has 3 heterocycles. The van der Waals surface area contributed by atoms with Crippen LogP contribution in [-0.2, 0) is 31.9 Å². The molecule has 0 bridgehead atoms. The van der Waals surface area contributed by atoms with Crippen LogP contribution in [0.25, 0.3) is 50.1 Å². The number of hydrogen-bond acceptors (Lipinski definition) is 4. The maximum Gasteiger partial charge on any atom is 0.217 e. The van der Waals surface area contributed by atoms with E-state index in [-0.39, 0.29) is 37.6 Å². The van der Waals surface area contributed by atoms with E-state index in [0.29, 0.717) is 23.0 Å². The molecule has 244 valence electrons. The van der Waals surface area contributed by atoms with Crippen molar-refractivity contribution in [2.75, 3.05) is 0 Å². The van der Waals surface area contributed by atoms with E-state index in [9.17, 15) is 5.11 Å². The fourth-order valence-corrected chi connectivity index (χ4v) is 6.09. The van der Waals surface area contributed by atoms with Gasteiger partial charge in [-0.05, 0) is 69.5 Å². The number of para-hydroxylation sites is 3. The third kappa shape index (κ3) is 6.27. The number of nitrogens with zero attached hydrogens (tertiary/aromatic N) is 3. The predicted molar refractivity (Wildman–Crippen MR) is 192 cm³/mol. The number of aromatic nitrogens is 3. The van der Waals surface area contributed by atoms with Gasteiger partial charge in [0.25, 0.3) is 0 Å². The Morgan fingerprint density at radius 1 is 0.688 bits per heavy atom. The van der Waals surface area contributed by atoms with E-state index in [2.05, 4.69) is 94.6 Å². The maximum atomic E-state index is 11.1. The Balaban J connectivity index is 0.00000401. The first-order valence-electron chi connectivity index (χ1n) is 16.0. The molecule has 0 radical (unpaired) electrons.